The van der Waals surface area contributed by atoms with Gasteiger partial charge in [0.2, 0.25) is 0 Å². The largest absolute Gasteiger partial charge is 0.463 e. The lowest BCUT2D eigenvalue weighted by molar-refractivity contribution is -0.144. The smallest absolute Gasteiger partial charge is 0.305 e. The average Bonchev–Trinajstić information content (AvgIpc) is 2.73. The normalized spacial score (nSPS) is 11.1. The number of hydrogen-bond acceptors (Lipinski definition) is 3. The maximum Gasteiger partial charge on any atom is 0.305 e. The molecule has 0 rings (SSSR count). The number of carbonyl (C=O) groups is 1. The Morgan fingerprint density at radius 3 is 1.17 bits per heavy atom. The molecule has 0 bridgehead atoms. The molecule has 0 unspecified atom stereocenters. The van der Waals surface area contributed by atoms with Crippen molar-refractivity contribution < 1.29 is 14.6 Å². The summed E-state index contributed by atoms with van der Waals surface area (Å²) in [6.07, 6.45) is 29.3. The predicted molar refractivity (Wildman–Crippen MR) is 125 cm³/mol. The molecule has 0 heterocycles. The molecule has 0 amide bonds. The van der Waals surface area contributed by atoms with Crippen molar-refractivity contribution in [1.82, 2.24) is 0 Å². The molecular formula is C26H52O3. The van der Waals surface area contributed by atoms with Gasteiger partial charge in [0.15, 0.2) is 0 Å². The summed E-state index contributed by atoms with van der Waals surface area (Å²) in [4.78, 5) is 11.3. The first-order valence-electron chi connectivity index (χ1n) is 13.1. The number of ether oxygens (including phenoxy) is 1. The van der Waals surface area contributed by atoms with Gasteiger partial charge in [0.05, 0.1) is 6.61 Å². The van der Waals surface area contributed by atoms with Crippen LogP contribution in [0.2, 0.25) is 0 Å². The molecule has 0 spiro atoms. The van der Waals surface area contributed by atoms with Gasteiger partial charge < -0.3 is 9.84 Å². The fraction of sp³-hybridized carbons (Fsp3) is 0.962. The molecule has 0 saturated heterocycles. The van der Waals surface area contributed by atoms with Gasteiger partial charge in [-0.15, -0.1) is 0 Å². The minimum absolute atomic E-state index is 0.0783. The van der Waals surface area contributed by atoms with Crippen LogP contribution in [0.15, 0.2) is 0 Å². The quantitative estimate of drug-likeness (QED) is 0.129. The summed E-state index contributed by atoms with van der Waals surface area (Å²) < 4.78 is 4.85. The molecule has 0 fully saturated rings. The van der Waals surface area contributed by atoms with E-state index in [0.717, 1.165) is 12.8 Å². The maximum absolute atomic E-state index is 11.3. The molecule has 174 valence electrons. The molecule has 0 aromatic heterocycles. The molecule has 0 aliphatic heterocycles. The molecule has 1 N–H and O–H groups in total. The van der Waals surface area contributed by atoms with Crippen LogP contribution in [0.5, 0.6) is 0 Å². The van der Waals surface area contributed by atoms with E-state index in [1.165, 1.54) is 122 Å². The highest BCUT2D eigenvalue weighted by Gasteiger charge is 2.01. The first-order chi connectivity index (χ1) is 14.3. The van der Waals surface area contributed by atoms with Crippen LogP contribution >= 0.6 is 0 Å². The van der Waals surface area contributed by atoms with Crippen LogP contribution in [0.25, 0.3) is 0 Å². The first-order valence-corrected chi connectivity index (χ1v) is 13.1. The fourth-order valence-corrected chi connectivity index (χ4v) is 3.93. The zero-order chi connectivity index (χ0) is 21.3. The summed E-state index contributed by atoms with van der Waals surface area (Å²) >= 11 is 0. The van der Waals surface area contributed by atoms with Crippen LogP contribution in [-0.4, -0.2) is 24.3 Å². The Morgan fingerprint density at radius 2 is 0.862 bits per heavy atom. The van der Waals surface area contributed by atoms with Crippen LogP contribution in [0, 0.1) is 0 Å². The van der Waals surface area contributed by atoms with Gasteiger partial charge in [0.25, 0.3) is 0 Å². The van der Waals surface area contributed by atoms with E-state index < -0.39 is 0 Å². The van der Waals surface area contributed by atoms with Gasteiger partial charge in [-0.05, 0) is 6.42 Å². The number of unbranched alkanes of at least 4 members (excludes halogenated alkanes) is 20. The van der Waals surface area contributed by atoms with Crippen molar-refractivity contribution in [3.8, 4) is 0 Å². The lowest BCUT2D eigenvalue weighted by atomic mass is 10.0. The van der Waals surface area contributed by atoms with Crippen molar-refractivity contribution in [2.24, 2.45) is 0 Å². The highest BCUT2D eigenvalue weighted by Crippen LogP contribution is 2.15. The third-order valence-corrected chi connectivity index (χ3v) is 5.84. The van der Waals surface area contributed by atoms with Gasteiger partial charge in [-0.1, -0.05) is 135 Å². The molecule has 0 aliphatic rings. The number of aliphatic hydroxyl groups is 1. The highest BCUT2D eigenvalue weighted by molar-refractivity contribution is 5.69. The lowest BCUT2D eigenvalue weighted by Crippen LogP contribution is -2.07. The van der Waals surface area contributed by atoms with Crippen molar-refractivity contribution >= 4 is 5.97 Å². The molecule has 0 radical (unpaired) electrons. The van der Waals surface area contributed by atoms with Gasteiger partial charge in [-0.2, -0.15) is 0 Å². The second-order valence-electron chi connectivity index (χ2n) is 8.77. The summed E-state index contributed by atoms with van der Waals surface area (Å²) in [5, 5.41) is 8.58. The predicted octanol–water partition coefficient (Wildman–Crippen LogP) is 8.12. The van der Waals surface area contributed by atoms with Gasteiger partial charge >= 0.3 is 5.97 Å². The van der Waals surface area contributed by atoms with Crippen LogP contribution in [0.4, 0.5) is 0 Å². The van der Waals surface area contributed by atoms with E-state index in [4.69, 9.17) is 9.84 Å². The number of rotatable bonds is 24. The van der Waals surface area contributed by atoms with Crippen molar-refractivity contribution in [3.63, 3.8) is 0 Å². The highest BCUT2D eigenvalue weighted by atomic mass is 16.5. The van der Waals surface area contributed by atoms with Crippen LogP contribution in [0.1, 0.15) is 148 Å². The molecule has 29 heavy (non-hydrogen) atoms. The van der Waals surface area contributed by atoms with Gasteiger partial charge in [0.1, 0.15) is 6.61 Å². The summed E-state index contributed by atoms with van der Waals surface area (Å²) in [7, 11) is 0. The van der Waals surface area contributed by atoms with E-state index >= 15 is 0 Å². The fourth-order valence-electron chi connectivity index (χ4n) is 3.93. The standard InChI is InChI=1S/C26H52O3/c1-2-3-4-5-6-7-8-9-10-11-12-13-14-15-16-17-18-19-20-21-22-23-26(28)29-25-24-27/h27H,2-25H2,1H3. The Morgan fingerprint density at radius 1 is 0.552 bits per heavy atom. The lowest BCUT2D eigenvalue weighted by Gasteiger charge is -2.04. The van der Waals surface area contributed by atoms with E-state index in [1.54, 1.807) is 0 Å². The third kappa shape index (κ3) is 25.4. The third-order valence-electron chi connectivity index (χ3n) is 5.84. The maximum atomic E-state index is 11.3. The van der Waals surface area contributed by atoms with E-state index in [9.17, 15) is 4.79 Å². The Kier molecular flexibility index (Phi) is 25.0. The molecule has 3 heteroatoms. The number of esters is 1. The second-order valence-corrected chi connectivity index (χ2v) is 8.77. The molecule has 3 nitrogen and oxygen atoms in total. The number of aliphatic hydroxyl groups excluding tert-OH is 1. The Bertz CT molecular complexity index is 317. The molecule has 0 atom stereocenters. The zero-order valence-electron chi connectivity index (χ0n) is 19.7. The molecular weight excluding hydrogens is 360 g/mol. The summed E-state index contributed by atoms with van der Waals surface area (Å²) in [5.41, 5.74) is 0. The van der Waals surface area contributed by atoms with Crippen molar-refractivity contribution in [1.29, 1.82) is 0 Å². The minimum Gasteiger partial charge on any atom is -0.463 e. The summed E-state index contributed by atoms with van der Waals surface area (Å²) in [6, 6.07) is 0. The van der Waals surface area contributed by atoms with Crippen LogP contribution < -0.4 is 0 Å². The Balaban J connectivity index is 3.04. The zero-order valence-corrected chi connectivity index (χ0v) is 19.7. The monoisotopic (exact) mass is 412 g/mol. The minimum atomic E-state index is -0.170. The average molecular weight is 413 g/mol. The molecule has 0 aliphatic carbocycles. The van der Waals surface area contributed by atoms with Gasteiger partial charge in [-0.25, -0.2) is 0 Å². The number of carbonyl (C=O) groups excluding carboxylic acids is 1. The molecule has 0 aromatic carbocycles. The molecule has 0 aromatic rings. The number of hydrogen-bond donors (Lipinski definition) is 1. The Labute approximate surface area is 182 Å². The first kappa shape index (κ1) is 28.4. The van der Waals surface area contributed by atoms with E-state index in [0.29, 0.717) is 6.42 Å². The van der Waals surface area contributed by atoms with Crippen LogP contribution in [-0.2, 0) is 9.53 Å². The van der Waals surface area contributed by atoms with Crippen molar-refractivity contribution in [2.45, 2.75) is 148 Å². The topological polar surface area (TPSA) is 46.5 Å². The van der Waals surface area contributed by atoms with Gasteiger partial charge in [-0.3, -0.25) is 4.79 Å². The van der Waals surface area contributed by atoms with Gasteiger partial charge in [0, 0.05) is 6.42 Å². The molecule has 0 saturated carbocycles. The van der Waals surface area contributed by atoms with Crippen LogP contribution in [0.3, 0.4) is 0 Å². The van der Waals surface area contributed by atoms with E-state index in [1.807, 2.05) is 0 Å². The second kappa shape index (κ2) is 25.5. The van der Waals surface area contributed by atoms with E-state index in [2.05, 4.69) is 6.92 Å². The SMILES string of the molecule is CCCCCCCCCCCCCCCCCCCCCCCC(=O)OCCO. The summed E-state index contributed by atoms with van der Waals surface area (Å²) in [5.74, 6) is -0.170. The van der Waals surface area contributed by atoms with Crippen molar-refractivity contribution in [2.75, 3.05) is 13.2 Å². The van der Waals surface area contributed by atoms with Crippen molar-refractivity contribution in [3.05, 3.63) is 0 Å². The Hall–Kier alpha value is -0.570. The summed E-state index contributed by atoms with van der Waals surface area (Å²) in [6.45, 7) is 2.35. The van der Waals surface area contributed by atoms with E-state index in [-0.39, 0.29) is 19.2 Å².